The molecule has 1 aliphatic carbocycles. The monoisotopic (exact) mass is 378 g/mol. The topological polar surface area (TPSA) is 55.8 Å². The molecule has 0 spiro atoms. The van der Waals surface area contributed by atoms with Crippen LogP contribution in [0.3, 0.4) is 0 Å². The molecule has 5 rings (SSSR count). The Kier molecular flexibility index (Phi) is 4.02. The van der Waals surface area contributed by atoms with E-state index < -0.39 is 5.97 Å². The number of rotatable bonds is 1. The Morgan fingerprint density at radius 1 is 1.14 bits per heavy atom. The standard InChI is InChI=1S/C24H26O4/c1-24(2)19-13-17-16-8-4-3-6-14(16)7-5-9-20(17)27-22(19)18-12-15(23(25)26)10-11-21(18)28-24/h3-4,6,8,10-12,17,19-20,22H,5,7,9,13H2,1-2H3,(H,25,26)/t17-,19-,20-,22+/m0/s1. The van der Waals surface area contributed by atoms with Gasteiger partial charge in [-0.15, -0.1) is 0 Å². The minimum atomic E-state index is -0.915. The fourth-order valence-electron chi connectivity index (χ4n) is 5.43. The molecular formula is C24H26O4. The molecule has 4 heteroatoms. The Hall–Kier alpha value is -2.33. The Morgan fingerprint density at radius 2 is 1.96 bits per heavy atom. The van der Waals surface area contributed by atoms with Gasteiger partial charge in [-0.25, -0.2) is 4.79 Å². The van der Waals surface area contributed by atoms with Gasteiger partial charge in [0.25, 0.3) is 0 Å². The van der Waals surface area contributed by atoms with Crippen molar-refractivity contribution in [3.63, 3.8) is 0 Å². The number of aryl methyl sites for hydroxylation is 1. The second-order valence-electron chi connectivity index (χ2n) is 8.90. The third kappa shape index (κ3) is 2.74. The van der Waals surface area contributed by atoms with Crippen LogP contribution in [-0.4, -0.2) is 22.8 Å². The number of carboxylic acid groups (broad SMARTS) is 1. The number of ether oxygens (including phenoxy) is 2. The van der Waals surface area contributed by atoms with Gasteiger partial charge in [0.05, 0.1) is 17.8 Å². The van der Waals surface area contributed by atoms with E-state index in [9.17, 15) is 9.90 Å². The molecule has 4 atom stereocenters. The van der Waals surface area contributed by atoms with Gasteiger partial charge in [0, 0.05) is 17.4 Å². The summed E-state index contributed by atoms with van der Waals surface area (Å²) in [5, 5.41) is 9.44. The number of carboxylic acids is 1. The van der Waals surface area contributed by atoms with Crippen LogP contribution in [0.1, 0.15) is 72.2 Å². The molecule has 28 heavy (non-hydrogen) atoms. The summed E-state index contributed by atoms with van der Waals surface area (Å²) in [5.41, 5.74) is 3.68. The molecule has 1 saturated heterocycles. The molecule has 0 bridgehead atoms. The normalized spacial score (nSPS) is 29.9. The Labute approximate surface area is 165 Å². The lowest BCUT2D eigenvalue weighted by atomic mass is 9.70. The lowest BCUT2D eigenvalue weighted by molar-refractivity contribution is -0.159. The second kappa shape index (κ2) is 6.35. The van der Waals surface area contributed by atoms with Crippen molar-refractivity contribution in [1.29, 1.82) is 0 Å². The van der Waals surface area contributed by atoms with Crippen molar-refractivity contribution >= 4 is 5.97 Å². The van der Waals surface area contributed by atoms with Crippen LogP contribution in [0.15, 0.2) is 42.5 Å². The van der Waals surface area contributed by atoms with Crippen LogP contribution in [0.25, 0.3) is 0 Å². The van der Waals surface area contributed by atoms with E-state index in [2.05, 4.69) is 38.1 Å². The summed E-state index contributed by atoms with van der Waals surface area (Å²) < 4.78 is 13.1. The first-order valence-corrected chi connectivity index (χ1v) is 10.2. The lowest BCUT2D eigenvalue weighted by Gasteiger charge is -2.51. The van der Waals surface area contributed by atoms with Gasteiger partial charge in [0.15, 0.2) is 0 Å². The number of aromatic carboxylic acids is 1. The molecule has 2 aromatic rings. The predicted octanol–water partition coefficient (Wildman–Crippen LogP) is 5.12. The molecule has 1 fully saturated rings. The molecule has 2 aliphatic heterocycles. The van der Waals surface area contributed by atoms with Gasteiger partial charge in [-0.2, -0.15) is 0 Å². The van der Waals surface area contributed by atoms with Crippen LogP contribution in [0, 0.1) is 5.92 Å². The van der Waals surface area contributed by atoms with Crippen LogP contribution >= 0.6 is 0 Å². The summed E-state index contributed by atoms with van der Waals surface area (Å²) in [7, 11) is 0. The fraction of sp³-hybridized carbons (Fsp3) is 0.458. The van der Waals surface area contributed by atoms with Crippen molar-refractivity contribution < 1.29 is 19.4 Å². The second-order valence-corrected chi connectivity index (χ2v) is 8.90. The Morgan fingerprint density at radius 3 is 2.79 bits per heavy atom. The first-order valence-electron chi connectivity index (χ1n) is 10.2. The molecule has 2 aromatic carbocycles. The molecular weight excluding hydrogens is 352 g/mol. The molecule has 0 radical (unpaired) electrons. The molecule has 4 nitrogen and oxygen atoms in total. The van der Waals surface area contributed by atoms with Crippen molar-refractivity contribution in [1.82, 2.24) is 0 Å². The van der Waals surface area contributed by atoms with Crippen LogP contribution in [0.4, 0.5) is 0 Å². The van der Waals surface area contributed by atoms with Crippen molar-refractivity contribution in [3.05, 3.63) is 64.7 Å². The van der Waals surface area contributed by atoms with E-state index in [1.807, 2.05) is 0 Å². The molecule has 0 aromatic heterocycles. The molecule has 3 aliphatic rings. The van der Waals surface area contributed by atoms with Gasteiger partial charge in [-0.3, -0.25) is 0 Å². The SMILES string of the molecule is CC1(C)Oc2ccc(C(=O)O)cc2[C@H]2O[C@H]3CCCc4ccccc4[C@@H]3C[C@@H]21. The van der Waals surface area contributed by atoms with Gasteiger partial charge in [0.2, 0.25) is 0 Å². The highest BCUT2D eigenvalue weighted by Crippen LogP contribution is 2.55. The maximum atomic E-state index is 11.5. The van der Waals surface area contributed by atoms with Gasteiger partial charge < -0.3 is 14.6 Å². The van der Waals surface area contributed by atoms with E-state index in [0.29, 0.717) is 5.92 Å². The van der Waals surface area contributed by atoms with Gasteiger partial charge in [-0.1, -0.05) is 24.3 Å². The summed E-state index contributed by atoms with van der Waals surface area (Å²) in [6, 6.07) is 13.9. The highest BCUT2D eigenvalue weighted by Gasteiger charge is 2.51. The minimum Gasteiger partial charge on any atom is -0.487 e. The van der Waals surface area contributed by atoms with Gasteiger partial charge in [0.1, 0.15) is 11.4 Å². The quantitative estimate of drug-likeness (QED) is 0.748. The van der Waals surface area contributed by atoms with Crippen LogP contribution in [0.2, 0.25) is 0 Å². The van der Waals surface area contributed by atoms with E-state index in [1.165, 1.54) is 11.1 Å². The van der Waals surface area contributed by atoms with E-state index in [-0.39, 0.29) is 29.3 Å². The zero-order valence-electron chi connectivity index (χ0n) is 16.4. The molecule has 0 saturated carbocycles. The molecule has 0 unspecified atom stereocenters. The van der Waals surface area contributed by atoms with E-state index in [1.54, 1.807) is 18.2 Å². The molecule has 0 amide bonds. The number of fused-ring (bicyclic) bond motifs is 6. The van der Waals surface area contributed by atoms with Crippen molar-refractivity contribution in [3.8, 4) is 5.75 Å². The zero-order valence-corrected chi connectivity index (χ0v) is 16.4. The van der Waals surface area contributed by atoms with E-state index >= 15 is 0 Å². The fourth-order valence-corrected chi connectivity index (χ4v) is 5.43. The summed E-state index contributed by atoms with van der Waals surface area (Å²) in [5.74, 6) is 0.383. The zero-order chi connectivity index (χ0) is 19.5. The highest BCUT2D eigenvalue weighted by molar-refractivity contribution is 5.88. The first-order chi connectivity index (χ1) is 13.4. The first kappa shape index (κ1) is 17.7. The van der Waals surface area contributed by atoms with Crippen molar-refractivity contribution in [2.75, 3.05) is 0 Å². The number of hydrogen-bond acceptors (Lipinski definition) is 3. The molecule has 146 valence electrons. The minimum absolute atomic E-state index is 0.121. The van der Waals surface area contributed by atoms with Crippen LogP contribution in [-0.2, 0) is 11.2 Å². The molecule has 1 N–H and O–H groups in total. The summed E-state index contributed by atoms with van der Waals surface area (Å²) in [4.78, 5) is 11.5. The average molecular weight is 378 g/mol. The summed E-state index contributed by atoms with van der Waals surface area (Å²) in [6.07, 6.45) is 4.30. The maximum Gasteiger partial charge on any atom is 0.335 e. The van der Waals surface area contributed by atoms with E-state index in [4.69, 9.17) is 9.47 Å². The number of hydrogen-bond donors (Lipinski definition) is 1. The molecule has 2 heterocycles. The van der Waals surface area contributed by atoms with E-state index in [0.717, 1.165) is 37.0 Å². The third-order valence-corrected chi connectivity index (χ3v) is 6.86. The number of carbonyl (C=O) groups is 1. The van der Waals surface area contributed by atoms with Crippen molar-refractivity contribution in [2.24, 2.45) is 5.92 Å². The predicted molar refractivity (Wildman–Crippen MR) is 106 cm³/mol. The van der Waals surface area contributed by atoms with Gasteiger partial charge >= 0.3 is 5.97 Å². The smallest absolute Gasteiger partial charge is 0.335 e. The Bertz CT molecular complexity index is 932. The Balaban J connectivity index is 1.58. The largest absolute Gasteiger partial charge is 0.487 e. The number of benzene rings is 2. The summed E-state index contributed by atoms with van der Waals surface area (Å²) >= 11 is 0. The van der Waals surface area contributed by atoms with Crippen LogP contribution in [0.5, 0.6) is 5.75 Å². The summed E-state index contributed by atoms with van der Waals surface area (Å²) in [6.45, 7) is 4.26. The maximum absolute atomic E-state index is 11.5. The third-order valence-electron chi connectivity index (χ3n) is 6.86. The van der Waals surface area contributed by atoms with Crippen molar-refractivity contribution in [2.45, 2.75) is 63.3 Å². The van der Waals surface area contributed by atoms with Gasteiger partial charge in [-0.05, 0) is 68.9 Å². The van der Waals surface area contributed by atoms with Crippen LogP contribution < -0.4 is 4.74 Å². The highest BCUT2D eigenvalue weighted by atomic mass is 16.5. The average Bonchev–Trinajstić information content (AvgIpc) is 2.85. The lowest BCUT2D eigenvalue weighted by Crippen LogP contribution is -2.50.